The van der Waals surface area contributed by atoms with Gasteiger partial charge in [-0.1, -0.05) is 5.16 Å². The lowest BCUT2D eigenvalue weighted by molar-refractivity contribution is -0.289. The molecule has 1 saturated heterocycles. The maximum Gasteiger partial charge on any atom is 0.456 e. The van der Waals surface area contributed by atoms with Crippen molar-refractivity contribution >= 4 is 17.5 Å². The predicted octanol–water partition coefficient (Wildman–Crippen LogP) is 3.93. The molecular weight excluding hydrogens is 451 g/mol. The Bertz CT molecular complexity index is 1130. The number of rotatable bonds is 6. The molecule has 0 amide bonds. The molecule has 5 rings (SSSR count). The number of nitrogens with one attached hydrogen (secondary N) is 1. The molecule has 1 aliphatic carbocycles. The van der Waals surface area contributed by atoms with Gasteiger partial charge in [-0.3, -0.25) is 0 Å². The Morgan fingerprint density at radius 2 is 1.91 bits per heavy atom. The second kappa shape index (κ2) is 7.73. The maximum atomic E-state index is 13.3. The second-order valence-electron chi connectivity index (χ2n) is 8.55. The van der Waals surface area contributed by atoms with Gasteiger partial charge in [0.25, 0.3) is 0 Å². The zero-order valence-corrected chi connectivity index (χ0v) is 17.5. The Kier molecular flexibility index (Phi) is 5.09. The van der Waals surface area contributed by atoms with Crippen LogP contribution in [0.4, 0.5) is 33.8 Å². The number of hydrogen-bond donors (Lipinski definition) is 1. The van der Waals surface area contributed by atoms with E-state index in [1.807, 2.05) is 13.0 Å². The van der Waals surface area contributed by atoms with Crippen LogP contribution in [-0.4, -0.2) is 57.6 Å². The van der Waals surface area contributed by atoms with E-state index in [0.717, 1.165) is 37.5 Å². The van der Waals surface area contributed by atoms with E-state index in [1.54, 1.807) is 0 Å². The zero-order valence-electron chi connectivity index (χ0n) is 17.5. The summed E-state index contributed by atoms with van der Waals surface area (Å²) in [6, 6.07) is 4.72. The summed E-state index contributed by atoms with van der Waals surface area (Å²) in [5.41, 5.74) is 0.873. The lowest BCUT2D eigenvalue weighted by Crippen LogP contribution is -2.48. The molecule has 3 atom stereocenters. The Balaban J connectivity index is 1.30. The van der Waals surface area contributed by atoms with Crippen LogP contribution in [0.25, 0.3) is 5.65 Å². The van der Waals surface area contributed by atoms with Crippen LogP contribution in [0.3, 0.4) is 0 Å². The summed E-state index contributed by atoms with van der Waals surface area (Å²) in [6.45, 7) is 1.58. The molecule has 3 aromatic rings. The molecule has 2 aliphatic rings. The number of piperidine rings is 1. The van der Waals surface area contributed by atoms with Crippen molar-refractivity contribution < 1.29 is 31.2 Å². The highest BCUT2D eigenvalue weighted by molar-refractivity contribution is 5.56. The fourth-order valence-corrected chi connectivity index (χ4v) is 4.59. The van der Waals surface area contributed by atoms with Crippen molar-refractivity contribution in [3.63, 3.8) is 0 Å². The second-order valence-corrected chi connectivity index (χ2v) is 8.55. The van der Waals surface area contributed by atoms with Crippen molar-refractivity contribution in [2.75, 3.05) is 29.9 Å². The van der Waals surface area contributed by atoms with Crippen molar-refractivity contribution in [2.24, 2.45) is 11.8 Å². The van der Waals surface area contributed by atoms with E-state index >= 15 is 0 Å². The SMILES string of the molecule is Cc1cc(N2CC3CC[C@@H](C2)[C@@H]3Nc2nc3c(OCC(F)(F)C(F)(F)F)cccn3n2)on1. The Hall–Kier alpha value is -3.12. The summed E-state index contributed by atoms with van der Waals surface area (Å²) < 4.78 is 75.3. The van der Waals surface area contributed by atoms with Gasteiger partial charge in [0.2, 0.25) is 11.8 Å². The van der Waals surface area contributed by atoms with Crippen molar-refractivity contribution in [3.05, 3.63) is 30.1 Å². The van der Waals surface area contributed by atoms with Crippen LogP contribution < -0.4 is 15.0 Å². The van der Waals surface area contributed by atoms with Crippen LogP contribution in [-0.2, 0) is 0 Å². The van der Waals surface area contributed by atoms with E-state index in [-0.39, 0.29) is 23.4 Å². The van der Waals surface area contributed by atoms with Gasteiger partial charge in [0.15, 0.2) is 18.0 Å². The van der Waals surface area contributed by atoms with Gasteiger partial charge in [-0.05, 0) is 43.7 Å². The molecular formula is C20H21F5N6O2. The molecule has 2 fully saturated rings. The number of halogens is 5. The number of ether oxygens (including phenoxy) is 1. The van der Waals surface area contributed by atoms with Gasteiger partial charge in [0, 0.05) is 31.4 Å². The highest BCUT2D eigenvalue weighted by Gasteiger charge is 2.58. The number of fused-ring (bicyclic) bond motifs is 3. The molecule has 1 saturated carbocycles. The quantitative estimate of drug-likeness (QED) is 0.545. The summed E-state index contributed by atoms with van der Waals surface area (Å²) in [5.74, 6) is -3.56. The molecule has 178 valence electrons. The number of alkyl halides is 5. The first-order valence-corrected chi connectivity index (χ1v) is 10.5. The molecule has 33 heavy (non-hydrogen) atoms. The first kappa shape index (κ1) is 21.7. The van der Waals surface area contributed by atoms with Gasteiger partial charge < -0.3 is 19.5 Å². The van der Waals surface area contributed by atoms with E-state index in [1.165, 1.54) is 22.8 Å². The molecule has 4 heterocycles. The Morgan fingerprint density at radius 3 is 2.55 bits per heavy atom. The zero-order chi connectivity index (χ0) is 23.4. The molecule has 8 nitrogen and oxygen atoms in total. The molecule has 1 unspecified atom stereocenters. The maximum absolute atomic E-state index is 13.3. The van der Waals surface area contributed by atoms with Crippen LogP contribution in [0, 0.1) is 18.8 Å². The van der Waals surface area contributed by atoms with Crippen molar-refractivity contribution in [2.45, 2.75) is 37.9 Å². The summed E-state index contributed by atoms with van der Waals surface area (Å²) in [7, 11) is 0. The molecule has 1 aliphatic heterocycles. The fourth-order valence-electron chi connectivity index (χ4n) is 4.59. The van der Waals surface area contributed by atoms with Gasteiger partial charge in [0.05, 0.1) is 5.69 Å². The molecule has 0 spiro atoms. The van der Waals surface area contributed by atoms with Gasteiger partial charge in [0.1, 0.15) is 0 Å². The Labute approximate surface area is 184 Å². The van der Waals surface area contributed by atoms with E-state index in [2.05, 4.69) is 25.5 Å². The van der Waals surface area contributed by atoms with Crippen molar-refractivity contribution in [1.29, 1.82) is 0 Å². The van der Waals surface area contributed by atoms with Gasteiger partial charge in [-0.15, -0.1) is 5.10 Å². The smallest absolute Gasteiger partial charge is 0.456 e. The van der Waals surface area contributed by atoms with E-state index in [9.17, 15) is 22.0 Å². The summed E-state index contributed by atoms with van der Waals surface area (Å²) in [6.07, 6.45) is -2.15. The number of pyridine rings is 1. The van der Waals surface area contributed by atoms with Crippen LogP contribution in [0.2, 0.25) is 0 Å². The highest BCUT2D eigenvalue weighted by Crippen LogP contribution is 2.40. The monoisotopic (exact) mass is 472 g/mol. The van der Waals surface area contributed by atoms with Gasteiger partial charge in [-0.2, -0.15) is 26.9 Å². The van der Waals surface area contributed by atoms with E-state index in [4.69, 9.17) is 9.26 Å². The summed E-state index contributed by atoms with van der Waals surface area (Å²) in [4.78, 5) is 6.47. The number of aryl methyl sites for hydroxylation is 1. The first-order chi connectivity index (χ1) is 15.6. The lowest BCUT2D eigenvalue weighted by Gasteiger charge is -2.37. The molecule has 0 radical (unpaired) electrons. The van der Waals surface area contributed by atoms with Gasteiger partial charge >= 0.3 is 12.1 Å². The third-order valence-electron chi connectivity index (χ3n) is 6.21. The molecule has 3 aromatic heterocycles. The summed E-state index contributed by atoms with van der Waals surface area (Å²) >= 11 is 0. The minimum Gasteiger partial charge on any atom is -0.483 e. The highest BCUT2D eigenvalue weighted by atomic mass is 19.4. The molecule has 13 heteroatoms. The van der Waals surface area contributed by atoms with Gasteiger partial charge in [-0.25, -0.2) is 4.52 Å². The largest absolute Gasteiger partial charge is 0.483 e. The predicted molar refractivity (Wildman–Crippen MR) is 107 cm³/mol. The number of nitrogens with zero attached hydrogens (tertiary/aromatic N) is 5. The average molecular weight is 472 g/mol. The lowest BCUT2D eigenvalue weighted by atomic mass is 9.92. The first-order valence-electron chi connectivity index (χ1n) is 10.5. The minimum atomic E-state index is -5.70. The third kappa shape index (κ3) is 4.04. The fraction of sp³-hybridized carbons (Fsp3) is 0.550. The van der Waals surface area contributed by atoms with Crippen LogP contribution >= 0.6 is 0 Å². The third-order valence-corrected chi connectivity index (χ3v) is 6.21. The summed E-state index contributed by atoms with van der Waals surface area (Å²) in [5, 5.41) is 11.6. The number of hydrogen-bond acceptors (Lipinski definition) is 7. The van der Waals surface area contributed by atoms with Crippen molar-refractivity contribution in [3.8, 4) is 5.75 Å². The molecule has 2 bridgehead atoms. The topological polar surface area (TPSA) is 80.7 Å². The van der Waals surface area contributed by atoms with Crippen LogP contribution in [0.5, 0.6) is 5.75 Å². The average Bonchev–Trinajstić information content (AvgIpc) is 3.41. The normalized spacial score (nSPS) is 23.3. The molecule has 1 N–H and O–H groups in total. The van der Waals surface area contributed by atoms with Crippen LogP contribution in [0.1, 0.15) is 18.5 Å². The standard InChI is InChI=1S/C20H21F5N6O2/c1-11-7-15(33-29-11)30-8-12-4-5-13(9-30)16(12)26-18-27-17-14(3-2-6-31(17)28-18)32-10-19(21,22)20(23,24)25/h2-3,6-7,12-13,16H,4-5,8-10H2,1H3,(H,26,28)/t12-,13?,16-/m0/s1. The number of anilines is 2. The Morgan fingerprint density at radius 1 is 1.18 bits per heavy atom. The molecule has 0 aromatic carbocycles. The minimum absolute atomic E-state index is 0.0555. The van der Waals surface area contributed by atoms with E-state index < -0.39 is 18.7 Å². The van der Waals surface area contributed by atoms with Crippen LogP contribution in [0.15, 0.2) is 28.9 Å². The van der Waals surface area contributed by atoms with Crippen molar-refractivity contribution in [1.82, 2.24) is 19.8 Å². The number of aromatic nitrogens is 4. The van der Waals surface area contributed by atoms with E-state index in [0.29, 0.717) is 11.8 Å².